The number of allylic oxidation sites excluding steroid dienone is 1. The Bertz CT molecular complexity index is 1370. The zero-order valence-electron chi connectivity index (χ0n) is 21.4. The number of rotatable bonds is 8. The highest BCUT2D eigenvalue weighted by atomic mass is 35.5. The fourth-order valence-corrected chi connectivity index (χ4v) is 6.20. The van der Waals surface area contributed by atoms with Gasteiger partial charge in [0.2, 0.25) is 5.91 Å². The summed E-state index contributed by atoms with van der Waals surface area (Å²) in [6, 6.07) is 26.3. The number of halogens is 1. The summed E-state index contributed by atoms with van der Waals surface area (Å²) in [6.07, 6.45) is 3.73. The van der Waals surface area contributed by atoms with E-state index in [1.807, 2.05) is 48.5 Å². The number of thioether (sulfide) groups is 1. The summed E-state index contributed by atoms with van der Waals surface area (Å²) in [4.78, 5) is 17.3. The van der Waals surface area contributed by atoms with Crippen molar-refractivity contribution >= 4 is 35.0 Å². The van der Waals surface area contributed by atoms with Crippen LogP contribution in [0.15, 0.2) is 83.4 Å². The number of anilines is 1. The van der Waals surface area contributed by atoms with Gasteiger partial charge in [0.1, 0.15) is 12.4 Å². The van der Waals surface area contributed by atoms with Crippen LogP contribution in [0.2, 0.25) is 5.02 Å². The Balaban J connectivity index is 1.29. The number of ether oxygens (including phenoxy) is 1. The molecule has 5 rings (SSSR count). The van der Waals surface area contributed by atoms with E-state index in [9.17, 15) is 10.1 Å². The van der Waals surface area contributed by atoms with Crippen LogP contribution < -0.4 is 9.64 Å². The lowest BCUT2D eigenvalue weighted by Crippen LogP contribution is -2.47. The van der Waals surface area contributed by atoms with Gasteiger partial charge in [-0.25, -0.2) is 0 Å². The van der Waals surface area contributed by atoms with Gasteiger partial charge in [-0.1, -0.05) is 79.2 Å². The Morgan fingerprint density at radius 2 is 1.84 bits per heavy atom. The van der Waals surface area contributed by atoms with Gasteiger partial charge in [0.25, 0.3) is 0 Å². The number of benzene rings is 3. The van der Waals surface area contributed by atoms with Crippen LogP contribution in [-0.4, -0.2) is 23.4 Å². The van der Waals surface area contributed by atoms with Crippen LogP contribution in [0.5, 0.6) is 5.75 Å². The predicted molar refractivity (Wildman–Crippen MR) is 154 cm³/mol. The molecule has 0 aromatic heterocycles. The maximum absolute atomic E-state index is 13.3. The third-order valence-electron chi connectivity index (χ3n) is 7.05. The second-order valence-corrected chi connectivity index (χ2v) is 10.9. The van der Waals surface area contributed by atoms with Gasteiger partial charge in [-0.2, -0.15) is 5.26 Å². The van der Waals surface area contributed by atoms with E-state index >= 15 is 0 Å². The molecule has 2 heterocycles. The molecule has 1 fully saturated rings. The number of nitriles is 1. The Kier molecular flexibility index (Phi) is 8.26. The zero-order chi connectivity index (χ0) is 26.5. The molecule has 0 N–H and O–H groups in total. The normalized spacial score (nSPS) is 17.3. The van der Waals surface area contributed by atoms with Crippen molar-refractivity contribution < 1.29 is 9.53 Å². The number of unbranched alkanes of at least 4 members (excludes halogenated alkanes) is 1. The number of aryl methyl sites for hydroxylation is 1. The standard InChI is InChI=1S/C31H30ClN3O2S/c1-2-3-6-22-9-13-25(14-10-22)34-20-35-30(36)17-27(28(18-33)31(35)38-21-34)23-11-15-26(16-12-23)37-19-24-7-4-5-8-29(24)32/h4-5,7-16,27H,2-3,6,17,19-21H2,1H3/t27-/m1/s1. The van der Waals surface area contributed by atoms with Crippen molar-refractivity contribution in [3.63, 3.8) is 0 Å². The van der Waals surface area contributed by atoms with Gasteiger partial charge in [-0.05, 0) is 54.3 Å². The van der Waals surface area contributed by atoms with E-state index in [0.717, 1.165) is 28.3 Å². The highest BCUT2D eigenvalue weighted by molar-refractivity contribution is 8.03. The topological polar surface area (TPSA) is 56.6 Å². The van der Waals surface area contributed by atoms with Crippen molar-refractivity contribution in [1.82, 2.24) is 4.90 Å². The third-order valence-corrected chi connectivity index (χ3v) is 8.57. The average Bonchev–Trinajstić information content (AvgIpc) is 2.96. The SMILES string of the molecule is CCCCc1ccc(N2CSC3=C(C#N)[C@@H](c4ccc(OCc5ccccc5Cl)cc4)CC(=O)N3C2)cc1. The van der Waals surface area contributed by atoms with Gasteiger partial charge in [-0.15, -0.1) is 0 Å². The molecule has 0 radical (unpaired) electrons. The van der Waals surface area contributed by atoms with Crippen LogP contribution in [0.1, 0.15) is 48.8 Å². The highest BCUT2D eigenvalue weighted by Crippen LogP contribution is 2.43. The minimum Gasteiger partial charge on any atom is -0.489 e. The van der Waals surface area contributed by atoms with Crippen LogP contribution in [0.4, 0.5) is 5.69 Å². The molecular formula is C31H30ClN3O2S. The molecule has 1 amide bonds. The van der Waals surface area contributed by atoms with Gasteiger partial charge in [0.15, 0.2) is 0 Å². The minimum atomic E-state index is -0.256. The zero-order valence-corrected chi connectivity index (χ0v) is 23.0. The van der Waals surface area contributed by atoms with E-state index in [4.69, 9.17) is 16.3 Å². The molecule has 38 heavy (non-hydrogen) atoms. The van der Waals surface area contributed by atoms with Crippen molar-refractivity contribution in [1.29, 1.82) is 5.26 Å². The lowest BCUT2D eigenvalue weighted by Gasteiger charge is -2.42. The summed E-state index contributed by atoms with van der Waals surface area (Å²) in [5.74, 6) is 1.19. The third kappa shape index (κ3) is 5.70. The van der Waals surface area contributed by atoms with E-state index in [1.165, 1.54) is 18.4 Å². The number of fused-ring (bicyclic) bond motifs is 1. The molecule has 3 aromatic rings. The summed E-state index contributed by atoms with van der Waals surface area (Å²) in [7, 11) is 0. The Labute approximate surface area is 233 Å². The molecule has 0 bridgehead atoms. The summed E-state index contributed by atoms with van der Waals surface area (Å²) >= 11 is 7.79. The van der Waals surface area contributed by atoms with Crippen molar-refractivity contribution in [3.05, 3.63) is 105 Å². The number of nitrogens with zero attached hydrogens (tertiary/aromatic N) is 3. The molecule has 0 aliphatic carbocycles. The van der Waals surface area contributed by atoms with Gasteiger partial charge in [-0.3, -0.25) is 9.69 Å². The van der Waals surface area contributed by atoms with Crippen molar-refractivity contribution in [2.24, 2.45) is 0 Å². The van der Waals surface area contributed by atoms with E-state index in [1.54, 1.807) is 16.7 Å². The fraction of sp³-hybridized carbons (Fsp3) is 0.290. The number of carbonyl (C=O) groups is 1. The molecule has 2 aliphatic rings. The van der Waals surface area contributed by atoms with Crippen molar-refractivity contribution in [2.45, 2.75) is 45.1 Å². The second-order valence-electron chi connectivity index (χ2n) is 9.58. The van der Waals surface area contributed by atoms with Crippen LogP contribution in [-0.2, 0) is 17.8 Å². The molecule has 2 aliphatic heterocycles. The van der Waals surface area contributed by atoms with Crippen molar-refractivity contribution in [3.8, 4) is 11.8 Å². The predicted octanol–water partition coefficient (Wildman–Crippen LogP) is 7.48. The van der Waals surface area contributed by atoms with Crippen LogP contribution in [0.25, 0.3) is 0 Å². The van der Waals surface area contributed by atoms with Crippen molar-refractivity contribution in [2.75, 3.05) is 17.4 Å². The largest absolute Gasteiger partial charge is 0.489 e. The summed E-state index contributed by atoms with van der Waals surface area (Å²) in [5, 5.41) is 11.6. The van der Waals surface area contributed by atoms with Gasteiger partial charge < -0.3 is 9.64 Å². The molecule has 0 unspecified atom stereocenters. The first kappa shape index (κ1) is 26.2. The van der Waals surface area contributed by atoms with E-state index in [0.29, 0.717) is 35.5 Å². The first-order chi connectivity index (χ1) is 18.6. The fourth-order valence-electron chi connectivity index (χ4n) is 4.84. The first-order valence-corrected chi connectivity index (χ1v) is 14.3. The molecule has 5 nitrogen and oxygen atoms in total. The molecule has 194 valence electrons. The molecule has 7 heteroatoms. The maximum Gasteiger partial charge on any atom is 0.229 e. The highest BCUT2D eigenvalue weighted by Gasteiger charge is 2.38. The minimum absolute atomic E-state index is 0.0415. The van der Waals surface area contributed by atoms with Crippen LogP contribution in [0, 0.1) is 11.3 Å². The molecule has 0 saturated carbocycles. The van der Waals surface area contributed by atoms with E-state index in [2.05, 4.69) is 42.2 Å². The maximum atomic E-state index is 13.3. The van der Waals surface area contributed by atoms with E-state index < -0.39 is 0 Å². The second kappa shape index (κ2) is 12.0. The quantitative estimate of drug-likeness (QED) is 0.295. The Morgan fingerprint density at radius 1 is 1.08 bits per heavy atom. The molecule has 1 saturated heterocycles. The average molecular weight is 544 g/mol. The monoisotopic (exact) mass is 543 g/mol. The molecule has 1 atom stereocenters. The van der Waals surface area contributed by atoms with Crippen LogP contribution >= 0.6 is 23.4 Å². The van der Waals surface area contributed by atoms with Gasteiger partial charge in [0.05, 0.1) is 29.2 Å². The van der Waals surface area contributed by atoms with Gasteiger partial charge in [0, 0.05) is 28.6 Å². The van der Waals surface area contributed by atoms with Crippen LogP contribution in [0.3, 0.4) is 0 Å². The molecule has 3 aromatic carbocycles. The Morgan fingerprint density at radius 3 is 2.55 bits per heavy atom. The lowest BCUT2D eigenvalue weighted by atomic mass is 9.86. The Hall–Kier alpha value is -3.40. The summed E-state index contributed by atoms with van der Waals surface area (Å²) in [5.41, 5.74) is 4.96. The van der Waals surface area contributed by atoms with E-state index in [-0.39, 0.29) is 18.2 Å². The lowest BCUT2D eigenvalue weighted by molar-refractivity contribution is -0.129. The summed E-state index contributed by atoms with van der Waals surface area (Å²) < 4.78 is 5.91. The molecule has 0 spiro atoms. The number of hydrogen-bond donors (Lipinski definition) is 0. The molecular weight excluding hydrogens is 514 g/mol. The van der Waals surface area contributed by atoms with Gasteiger partial charge >= 0.3 is 0 Å². The smallest absolute Gasteiger partial charge is 0.229 e. The summed E-state index contributed by atoms with van der Waals surface area (Å²) in [6.45, 7) is 3.04. The number of carbonyl (C=O) groups excluding carboxylic acids is 1. The first-order valence-electron chi connectivity index (χ1n) is 12.9. The number of hydrogen-bond acceptors (Lipinski definition) is 5. The number of amides is 1.